The summed E-state index contributed by atoms with van der Waals surface area (Å²) >= 11 is 3.30. The average Bonchev–Trinajstić information content (AvgIpc) is 3.84. The number of nitrogens with one attached hydrogen (secondary N) is 2. The number of amides is 2. The molecule has 4 N–H and O–H groups in total. The van der Waals surface area contributed by atoms with Gasteiger partial charge in [0.2, 0.25) is 0 Å². The lowest BCUT2D eigenvalue weighted by Gasteiger charge is -2.23. The lowest BCUT2D eigenvalue weighted by atomic mass is 10.1. The van der Waals surface area contributed by atoms with Gasteiger partial charge in [-0.2, -0.15) is 5.10 Å². The number of aromatic nitrogens is 8. The highest BCUT2D eigenvalue weighted by Gasteiger charge is 2.27. The van der Waals surface area contributed by atoms with Gasteiger partial charge in [0.15, 0.2) is 11.3 Å². The molecule has 2 amide bonds. The fourth-order valence-corrected chi connectivity index (χ4v) is 7.85. The fraction of sp³-hybridized carbons (Fsp3) is 0.500. The predicted molar refractivity (Wildman–Crippen MR) is 248 cm³/mol. The van der Waals surface area contributed by atoms with E-state index in [-0.39, 0.29) is 37.6 Å². The maximum absolute atomic E-state index is 13.8. The second-order valence-corrected chi connectivity index (χ2v) is 31.2. The van der Waals surface area contributed by atoms with Crippen LogP contribution in [0.25, 0.3) is 44.6 Å². The summed E-state index contributed by atoms with van der Waals surface area (Å²) in [4.78, 5) is 44.0. The van der Waals surface area contributed by atoms with Crippen molar-refractivity contribution >= 4 is 77.1 Å². The molecule has 5 aromatic heterocycles. The monoisotopic (exact) mass is 954 g/mol. The van der Waals surface area contributed by atoms with Crippen LogP contribution < -0.4 is 10.6 Å². The van der Waals surface area contributed by atoms with Gasteiger partial charge in [0.25, 0.3) is 11.8 Å². The van der Waals surface area contributed by atoms with Crippen molar-refractivity contribution in [3.63, 3.8) is 0 Å². The van der Waals surface area contributed by atoms with E-state index in [1.165, 1.54) is 12.1 Å². The van der Waals surface area contributed by atoms with E-state index in [9.17, 15) is 24.2 Å². The Morgan fingerprint density at radius 3 is 1.76 bits per heavy atom. The molecule has 0 aliphatic heterocycles. The molecule has 0 spiro atoms. The Morgan fingerprint density at radius 2 is 1.27 bits per heavy atom. The molecule has 0 aliphatic carbocycles. The predicted octanol–water partition coefficient (Wildman–Crippen LogP) is 6.94. The minimum absolute atomic E-state index is 0.160. The molecule has 6 aromatic rings. The molecule has 16 nitrogen and oxygen atoms in total. The summed E-state index contributed by atoms with van der Waals surface area (Å²) in [5.41, 5.74) is 2.82. The van der Waals surface area contributed by atoms with Crippen LogP contribution in [0, 0.1) is 5.82 Å². The topological polar surface area (TPSA) is 196 Å². The van der Waals surface area contributed by atoms with Gasteiger partial charge in [-0.15, -0.1) is 0 Å². The van der Waals surface area contributed by atoms with E-state index in [2.05, 4.69) is 85.9 Å². The number of halogens is 2. The van der Waals surface area contributed by atoms with Gasteiger partial charge >= 0.3 is 0 Å². The highest BCUT2D eigenvalue weighted by molar-refractivity contribution is 9.10. The number of aliphatic hydroxyl groups excluding tert-OH is 2. The molecule has 0 bridgehead atoms. The van der Waals surface area contributed by atoms with Crippen molar-refractivity contribution in [2.75, 3.05) is 26.4 Å². The van der Waals surface area contributed by atoms with Crippen LogP contribution in [0.5, 0.6) is 0 Å². The first-order valence-electron chi connectivity index (χ1n) is 20.4. The lowest BCUT2D eigenvalue weighted by molar-refractivity contribution is 0.0850. The third-order valence-corrected chi connectivity index (χ3v) is 13.6. The second-order valence-electron chi connectivity index (χ2n) is 19.1. The lowest BCUT2D eigenvalue weighted by Crippen LogP contribution is -2.46. The van der Waals surface area contributed by atoms with Gasteiger partial charge in [-0.3, -0.25) is 14.3 Å². The van der Waals surface area contributed by atoms with Crippen LogP contribution in [0.1, 0.15) is 48.4 Å². The number of fused-ring (bicyclic) bond motifs is 3. The summed E-state index contributed by atoms with van der Waals surface area (Å²) in [5.74, 6) is -1.03. The first-order chi connectivity index (χ1) is 28.9. The number of hydrogen-bond donors (Lipinski definition) is 4. The fourth-order valence-electron chi connectivity index (χ4n) is 6.06. The smallest absolute Gasteiger partial charge is 0.255 e. The highest BCUT2D eigenvalue weighted by atomic mass is 79.9. The number of benzene rings is 1. The van der Waals surface area contributed by atoms with Crippen molar-refractivity contribution in [1.29, 1.82) is 0 Å². The zero-order chi connectivity index (χ0) is 45.8. The Labute approximate surface area is 371 Å². The molecule has 6 rings (SSSR count). The number of hydrogen-bond acceptors (Lipinski definition) is 11. The first kappa shape index (κ1) is 48.6. The summed E-state index contributed by atoms with van der Waals surface area (Å²) in [6, 6.07) is 6.55. The summed E-state index contributed by atoms with van der Waals surface area (Å²) in [5, 5.41) is 29.9. The van der Waals surface area contributed by atoms with Crippen LogP contribution >= 0.6 is 15.9 Å². The second kappa shape index (κ2) is 19.5. The van der Waals surface area contributed by atoms with E-state index in [0.29, 0.717) is 74.9 Å². The van der Waals surface area contributed by atoms with E-state index in [0.717, 1.165) is 17.5 Å². The largest absolute Gasteiger partial charge is 0.394 e. The highest BCUT2D eigenvalue weighted by Crippen LogP contribution is 2.29. The molecule has 0 saturated carbocycles. The van der Waals surface area contributed by atoms with Crippen molar-refractivity contribution in [1.82, 2.24) is 49.5 Å². The van der Waals surface area contributed by atoms with Crippen molar-refractivity contribution in [2.45, 2.75) is 104 Å². The number of carbonyl (C=O) groups is 2. The number of nitrogens with zero attached hydrogens (tertiary/aromatic N) is 8. The summed E-state index contributed by atoms with van der Waals surface area (Å²) in [7, 11) is -0.663. The molecule has 336 valence electrons. The molecule has 0 unspecified atom stereocenters. The number of aliphatic hydroxyl groups is 2. The molecule has 20 heteroatoms. The summed E-state index contributed by atoms with van der Waals surface area (Å²) < 4.78 is 31.2. The molecule has 0 radical (unpaired) electrons. The van der Waals surface area contributed by atoms with Crippen molar-refractivity contribution in [3.8, 4) is 11.4 Å². The zero-order valence-electron chi connectivity index (χ0n) is 37.6. The minimum Gasteiger partial charge on any atom is -0.394 e. The van der Waals surface area contributed by atoms with E-state index >= 15 is 0 Å². The van der Waals surface area contributed by atoms with Crippen molar-refractivity contribution in [2.24, 2.45) is 7.05 Å². The maximum atomic E-state index is 13.8. The normalized spacial score (nSPS) is 12.6. The van der Waals surface area contributed by atoms with Crippen LogP contribution in [-0.2, 0) is 30.0 Å². The third kappa shape index (κ3) is 12.6. The average molecular weight is 956 g/mol. The Kier molecular flexibility index (Phi) is 15.3. The van der Waals surface area contributed by atoms with E-state index in [1.54, 1.807) is 79.4 Å². The quantitative estimate of drug-likeness (QED) is 0.0546. The molecule has 1 aromatic carbocycles. The van der Waals surface area contributed by atoms with E-state index < -0.39 is 27.2 Å². The number of aryl methyl sites for hydroxylation is 1. The van der Waals surface area contributed by atoms with Crippen LogP contribution in [0.15, 0.2) is 47.6 Å². The van der Waals surface area contributed by atoms with Gasteiger partial charge in [0, 0.05) is 54.2 Å². The molecule has 0 fully saturated rings. The Balaban J connectivity index is 0.000000247. The van der Waals surface area contributed by atoms with Gasteiger partial charge in [0.05, 0.1) is 53.3 Å². The minimum atomic E-state index is -1.24. The summed E-state index contributed by atoms with van der Waals surface area (Å²) in [6.07, 6.45) is 6.58. The Morgan fingerprint density at radius 1 is 0.790 bits per heavy atom. The van der Waals surface area contributed by atoms with Crippen LogP contribution in [0.3, 0.4) is 0 Å². The van der Waals surface area contributed by atoms with Crippen LogP contribution in [-0.4, -0.2) is 115 Å². The van der Waals surface area contributed by atoms with Crippen LogP contribution in [0.4, 0.5) is 4.39 Å². The van der Waals surface area contributed by atoms with Gasteiger partial charge < -0.3 is 39.5 Å². The molecule has 0 atom stereocenters. The Bertz CT molecular complexity index is 2540. The molecule has 5 heterocycles. The number of rotatable bonds is 17. The molecular weight excluding hydrogens is 896 g/mol. The van der Waals surface area contributed by atoms with Gasteiger partial charge in [0.1, 0.15) is 46.3 Å². The number of ether oxygens (including phenoxy) is 2. The van der Waals surface area contributed by atoms with Gasteiger partial charge in [-0.05, 0) is 73.9 Å². The standard InChI is InChI=1S/C25H33FN6O3Si.C17H27BrN4O3Si/c1-25(2,14-33)29-24(34)18-13-32(15-35-9-10-36(4,5)6)23-22(18)28-19(12-27-23)21-17-8-7-16(26)11-20(17)31(3)30-21;1-17(2,10-23)21-16(24)12-9-22(11-25-6-7-26(3,4)5)15-14(12)20-13(18)8-19-15/h7-8,11-13,33H,9-10,14-15H2,1-6H3,(H,29,34);8-9,23H,6-7,10-11H2,1-5H3,(H,21,24). The SMILES string of the molecule is CC(C)(CO)NC(=O)c1cn(COCC[Si](C)(C)C)c2ncc(Br)nc12.Cn1nc(-c2cnc3c(n2)c(C(=O)NC(C)(C)CO)cn3COCC[Si](C)(C)C)c2ccc(F)cc21. The van der Waals surface area contributed by atoms with Crippen LogP contribution in [0.2, 0.25) is 51.4 Å². The number of carbonyl (C=O) groups excluding carboxylic acids is 2. The van der Waals surface area contributed by atoms with E-state index in [1.807, 2.05) is 0 Å². The Hall–Kier alpha value is -4.45. The molecular formula is C42H60BrFN10O6Si2. The van der Waals surface area contributed by atoms with Crippen molar-refractivity contribution < 1.29 is 33.7 Å². The molecule has 0 saturated heterocycles. The van der Waals surface area contributed by atoms with Crippen molar-refractivity contribution in [3.05, 3.63) is 64.5 Å². The zero-order valence-corrected chi connectivity index (χ0v) is 41.1. The third-order valence-electron chi connectivity index (χ3n) is 9.79. The van der Waals surface area contributed by atoms with Gasteiger partial charge in [-0.25, -0.2) is 24.3 Å². The molecule has 62 heavy (non-hydrogen) atoms. The van der Waals surface area contributed by atoms with E-state index in [4.69, 9.17) is 14.5 Å². The summed E-state index contributed by atoms with van der Waals surface area (Å²) in [6.45, 7) is 22.2. The maximum Gasteiger partial charge on any atom is 0.255 e. The van der Waals surface area contributed by atoms with Gasteiger partial charge in [-0.1, -0.05) is 39.3 Å². The molecule has 0 aliphatic rings. The first-order valence-corrected chi connectivity index (χ1v) is 28.6.